The fourth-order valence-corrected chi connectivity index (χ4v) is 5.16. The third-order valence-electron chi connectivity index (χ3n) is 5.65. The number of amides is 3. The Morgan fingerprint density at radius 1 is 0.778 bits per heavy atom. The summed E-state index contributed by atoms with van der Waals surface area (Å²) >= 11 is 31.1. The molecule has 11 heteroatoms. The Morgan fingerprint density at radius 3 is 1.78 bits per heavy atom. The first-order chi connectivity index (χ1) is 17.1. The van der Waals surface area contributed by atoms with E-state index in [1.807, 2.05) is 0 Å². The number of carbonyl (C=O) groups is 4. The minimum atomic E-state index is -1.26. The van der Waals surface area contributed by atoms with Crippen molar-refractivity contribution in [3.05, 3.63) is 102 Å². The van der Waals surface area contributed by atoms with E-state index in [1.54, 1.807) is 49.4 Å². The Hall–Kier alpha value is -2.61. The molecule has 184 valence electrons. The van der Waals surface area contributed by atoms with Crippen LogP contribution in [0, 0.1) is 0 Å². The van der Waals surface area contributed by atoms with E-state index in [0.717, 1.165) is 5.01 Å². The molecule has 4 rings (SSSR count). The van der Waals surface area contributed by atoms with Crippen molar-refractivity contribution in [3.8, 4) is 0 Å². The summed E-state index contributed by atoms with van der Waals surface area (Å²) in [5, 5.41) is 0.381. The Morgan fingerprint density at radius 2 is 1.28 bits per heavy atom. The van der Waals surface area contributed by atoms with E-state index in [0.29, 0.717) is 5.01 Å². The minimum Gasteiger partial charge on any atom is -0.292 e. The highest BCUT2D eigenvalue weighted by Crippen LogP contribution is 2.45. The molecule has 0 saturated carbocycles. The van der Waals surface area contributed by atoms with Crippen molar-refractivity contribution in [2.75, 3.05) is 0 Å². The second-order valence-corrected chi connectivity index (χ2v) is 9.63. The van der Waals surface area contributed by atoms with Gasteiger partial charge in [0.25, 0.3) is 17.7 Å². The fraction of sp³-hybridized carbons (Fsp3) is 0.120. The average molecular weight is 585 g/mol. The third-order valence-corrected chi connectivity index (χ3v) is 7.78. The number of Topliss-reactive ketones (excluding diaryl/α,β-unsaturated/α-hetero) is 1. The van der Waals surface area contributed by atoms with Crippen LogP contribution in [0.2, 0.25) is 25.1 Å². The van der Waals surface area contributed by atoms with Gasteiger partial charge in [-0.05, 0) is 18.6 Å². The smallest absolute Gasteiger partial charge is 0.282 e. The van der Waals surface area contributed by atoms with Crippen molar-refractivity contribution in [3.63, 3.8) is 0 Å². The lowest BCUT2D eigenvalue weighted by atomic mass is 10.0. The maximum absolute atomic E-state index is 13.9. The Bertz CT molecular complexity index is 1380. The van der Waals surface area contributed by atoms with Gasteiger partial charge in [-0.3, -0.25) is 19.2 Å². The normalized spacial score (nSPS) is 13.6. The summed E-state index contributed by atoms with van der Waals surface area (Å²) in [5.41, 5.74) is -0.386. The summed E-state index contributed by atoms with van der Waals surface area (Å²) in [6.07, 6.45) is 0.0559. The molecule has 0 radical (unpaired) electrons. The Kier molecular flexibility index (Phi) is 7.64. The van der Waals surface area contributed by atoms with Gasteiger partial charge in [0.1, 0.15) is 6.04 Å². The van der Waals surface area contributed by atoms with Gasteiger partial charge < -0.3 is 0 Å². The predicted octanol–water partition coefficient (Wildman–Crippen LogP) is 7.27. The van der Waals surface area contributed by atoms with E-state index in [9.17, 15) is 19.2 Å². The van der Waals surface area contributed by atoms with Crippen molar-refractivity contribution in [1.29, 1.82) is 0 Å². The molecule has 3 aromatic rings. The number of hydrogen-bond donors (Lipinski definition) is 0. The number of fused-ring (bicyclic) bond motifs is 1. The summed E-state index contributed by atoms with van der Waals surface area (Å²) in [6.45, 7) is 1.64. The highest BCUT2D eigenvalue weighted by atomic mass is 35.5. The van der Waals surface area contributed by atoms with Gasteiger partial charge in [-0.2, -0.15) is 5.01 Å². The molecule has 0 N–H and O–H groups in total. The fourth-order valence-electron chi connectivity index (χ4n) is 3.93. The first-order valence-corrected chi connectivity index (χ1v) is 12.4. The molecule has 3 aromatic carbocycles. The van der Waals surface area contributed by atoms with Crippen LogP contribution in [0.3, 0.4) is 0 Å². The topological polar surface area (TPSA) is 74.8 Å². The van der Waals surface area contributed by atoms with Gasteiger partial charge in [-0.25, -0.2) is 5.01 Å². The molecule has 1 heterocycles. The van der Waals surface area contributed by atoms with E-state index in [1.165, 1.54) is 12.1 Å². The van der Waals surface area contributed by atoms with Gasteiger partial charge in [0.05, 0.1) is 41.8 Å². The minimum absolute atomic E-state index is 0.0247. The van der Waals surface area contributed by atoms with E-state index in [-0.39, 0.29) is 53.8 Å². The van der Waals surface area contributed by atoms with Crippen LogP contribution in [0.5, 0.6) is 0 Å². The predicted molar refractivity (Wildman–Crippen MR) is 139 cm³/mol. The van der Waals surface area contributed by atoms with E-state index >= 15 is 0 Å². The molecule has 0 saturated heterocycles. The number of hydrazine groups is 1. The van der Waals surface area contributed by atoms with Crippen LogP contribution in [0.15, 0.2) is 54.6 Å². The number of rotatable bonds is 6. The van der Waals surface area contributed by atoms with Gasteiger partial charge in [0.2, 0.25) is 0 Å². The number of ketones is 1. The zero-order valence-electron chi connectivity index (χ0n) is 18.4. The lowest BCUT2D eigenvalue weighted by Crippen LogP contribution is -2.57. The molecule has 1 aliphatic heterocycles. The molecule has 3 amide bonds. The maximum Gasteiger partial charge on any atom is 0.282 e. The zero-order valence-corrected chi connectivity index (χ0v) is 22.2. The highest BCUT2D eigenvalue weighted by Gasteiger charge is 2.49. The lowest BCUT2D eigenvalue weighted by Gasteiger charge is -2.35. The molecule has 0 unspecified atom stereocenters. The Labute approximate surface area is 231 Å². The van der Waals surface area contributed by atoms with Crippen molar-refractivity contribution in [2.45, 2.75) is 19.4 Å². The molecule has 0 aromatic heterocycles. The second kappa shape index (κ2) is 10.4. The summed E-state index contributed by atoms with van der Waals surface area (Å²) < 4.78 is 0. The Balaban J connectivity index is 1.93. The SMILES string of the molecule is CC[C@@H](C(=O)c1ccccc1)N(C(=O)c1ccccc1Cl)N1C(=O)c2c(Cl)c(Cl)c(Cl)c(Cl)c2C1=O. The van der Waals surface area contributed by atoms with Crippen molar-refractivity contribution >= 4 is 81.5 Å². The van der Waals surface area contributed by atoms with Crippen LogP contribution < -0.4 is 0 Å². The number of hydrogen-bond acceptors (Lipinski definition) is 4. The molecule has 1 aliphatic rings. The van der Waals surface area contributed by atoms with Crippen LogP contribution in [0.4, 0.5) is 0 Å². The quantitative estimate of drug-likeness (QED) is 0.132. The lowest BCUT2D eigenvalue weighted by molar-refractivity contribution is -0.00970. The van der Waals surface area contributed by atoms with Crippen LogP contribution in [-0.2, 0) is 0 Å². The van der Waals surface area contributed by atoms with Gasteiger partial charge in [-0.15, -0.1) is 0 Å². The maximum atomic E-state index is 13.9. The number of nitrogens with zero attached hydrogens (tertiary/aromatic N) is 2. The second-order valence-electron chi connectivity index (χ2n) is 7.71. The van der Waals surface area contributed by atoms with Crippen molar-refractivity contribution in [1.82, 2.24) is 10.0 Å². The van der Waals surface area contributed by atoms with E-state index in [2.05, 4.69) is 0 Å². The standard InChI is InChI=1S/C25H15Cl5N2O4/c1-2-15(22(33)12-8-4-3-5-9-12)31(23(34)13-10-6-7-11-14(13)26)32-24(35)16-17(25(32)36)19(28)21(30)20(29)18(16)27/h3-11,15H,2H2,1H3/t15-/m0/s1. The zero-order chi connectivity index (χ0) is 26.3. The third kappa shape index (κ3) is 4.27. The number of imide groups is 1. The van der Waals surface area contributed by atoms with Crippen molar-refractivity contribution in [2.24, 2.45) is 0 Å². The molecule has 0 fully saturated rings. The first kappa shape index (κ1) is 26.5. The van der Waals surface area contributed by atoms with Crippen molar-refractivity contribution < 1.29 is 19.2 Å². The largest absolute Gasteiger partial charge is 0.292 e. The van der Waals surface area contributed by atoms with E-state index in [4.69, 9.17) is 58.0 Å². The summed E-state index contributed by atoms with van der Waals surface area (Å²) in [5.74, 6) is -3.32. The summed E-state index contributed by atoms with van der Waals surface area (Å²) in [7, 11) is 0. The molecule has 0 bridgehead atoms. The molecule has 0 aliphatic carbocycles. The first-order valence-electron chi connectivity index (χ1n) is 10.5. The van der Waals surface area contributed by atoms with Gasteiger partial charge >= 0.3 is 0 Å². The van der Waals surface area contributed by atoms with Crippen LogP contribution in [0.1, 0.15) is 54.8 Å². The highest BCUT2D eigenvalue weighted by molar-refractivity contribution is 6.55. The van der Waals surface area contributed by atoms with Crippen LogP contribution in [-0.4, -0.2) is 39.6 Å². The average Bonchev–Trinajstić information content (AvgIpc) is 3.14. The number of halogens is 5. The number of carbonyl (C=O) groups excluding carboxylic acids is 4. The number of benzene rings is 3. The monoisotopic (exact) mass is 582 g/mol. The molecular weight excluding hydrogens is 570 g/mol. The van der Waals surface area contributed by atoms with E-state index < -0.39 is 29.5 Å². The molecule has 0 spiro atoms. The van der Waals surface area contributed by atoms with Crippen LogP contribution >= 0.6 is 58.0 Å². The molecular formula is C25H15Cl5N2O4. The molecule has 6 nitrogen and oxygen atoms in total. The summed E-state index contributed by atoms with van der Waals surface area (Å²) in [4.78, 5) is 54.6. The molecule has 1 atom stereocenters. The van der Waals surface area contributed by atoms with Gasteiger partial charge in [0.15, 0.2) is 5.78 Å². The van der Waals surface area contributed by atoms with Gasteiger partial charge in [-0.1, -0.05) is 107 Å². The van der Waals surface area contributed by atoms with Gasteiger partial charge in [0, 0.05) is 5.56 Å². The molecule has 36 heavy (non-hydrogen) atoms. The summed E-state index contributed by atoms with van der Waals surface area (Å²) in [6, 6.07) is 13.0. The van der Waals surface area contributed by atoms with Crippen LogP contribution in [0.25, 0.3) is 0 Å².